The van der Waals surface area contributed by atoms with Gasteiger partial charge in [-0.05, 0) is 62.2 Å². The lowest BCUT2D eigenvalue weighted by Crippen LogP contribution is -2.48. The van der Waals surface area contributed by atoms with Gasteiger partial charge in [0.15, 0.2) is 0 Å². The van der Waals surface area contributed by atoms with Crippen LogP contribution in [0, 0.1) is 0 Å². The van der Waals surface area contributed by atoms with E-state index in [1.165, 1.54) is 42.3 Å². The van der Waals surface area contributed by atoms with E-state index >= 15 is 0 Å². The molecule has 0 radical (unpaired) electrons. The van der Waals surface area contributed by atoms with Crippen LogP contribution in [0.15, 0.2) is 77.7 Å². The molecule has 4 rings (SSSR count). The second-order valence-electron chi connectivity index (χ2n) is 9.90. The van der Waals surface area contributed by atoms with Gasteiger partial charge in [-0.15, -0.1) is 0 Å². The Hall–Kier alpha value is -4.18. The molecular weight excluding hydrogens is 506 g/mol. The van der Waals surface area contributed by atoms with Crippen molar-refractivity contribution in [3.05, 3.63) is 95.1 Å². The van der Waals surface area contributed by atoms with Gasteiger partial charge in [0.05, 0.1) is 17.8 Å². The summed E-state index contributed by atoms with van der Waals surface area (Å²) in [6.07, 6.45) is 0. The summed E-state index contributed by atoms with van der Waals surface area (Å²) in [6, 6.07) is 19.0. The van der Waals surface area contributed by atoms with E-state index in [4.69, 9.17) is 4.74 Å². The lowest BCUT2D eigenvalue weighted by Gasteiger charge is -2.34. The van der Waals surface area contributed by atoms with Crippen molar-refractivity contribution in [2.75, 3.05) is 11.9 Å². The number of sulfonamides is 1. The molecule has 38 heavy (non-hydrogen) atoms. The first-order chi connectivity index (χ1) is 17.9. The number of fused-ring (bicyclic) bond motifs is 1. The van der Waals surface area contributed by atoms with Gasteiger partial charge >= 0.3 is 12.0 Å². The molecule has 3 amide bonds. The predicted molar refractivity (Wildman–Crippen MR) is 142 cm³/mol. The number of rotatable bonds is 6. The molecule has 0 spiro atoms. The molecule has 198 valence electrons. The third-order valence-corrected chi connectivity index (χ3v) is 7.61. The molecule has 0 aliphatic carbocycles. The van der Waals surface area contributed by atoms with Crippen molar-refractivity contribution in [1.29, 1.82) is 0 Å². The lowest BCUT2D eigenvalue weighted by molar-refractivity contribution is 0.00693. The molecule has 0 atom stereocenters. The van der Waals surface area contributed by atoms with Crippen LogP contribution in [0.1, 0.15) is 52.6 Å². The van der Waals surface area contributed by atoms with Crippen LogP contribution in [0.25, 0.3) is 0 Å². The molecule has 1 heterocycles. The zero-order valence-electron chi connectivity index (χ0n) is 21.6. The molecular formula is C28H29N3O6S. The van der Waals surface area contributed by atoms with Gasteiger partial charge in [0, 0.05) is 19.2 Å². The molecule has 0 bridgehead atoms. The van der Waals surface area contributed by atoms with Gasteiger partial charge in [-0.1, -0.05) is 42.5 Å². The first kappa shape index (κ1) is 26.9. The molecule has 3 aromatic carbocycles. The van der Waals surface area contributed by atoms with Gasteiger partial charge < -0.3 is 10.1 Å². The number of carbonyl (C=O) groups excluding carboxylic acids is 3. The maximum atomic E-state index is 13.5. The Kier molecular flexibility index (Phi) is 7.28. The number of carbonyl (C=O) groups is 3. The van der Waals surface area contributed by atoms with E-state index in [2.05, 4.69) is 5.32 Å². The van der Waals surface area contributed by atoms with E-state index in [-0.39, 0.29) is 29.2 Å². The molecule has 0 fully saturated rings. The van der Waals surface area contributed by atoms with Crippen molar-refractivity contribution in [3.8, 4) is 0 Å². The normalized spacial score (nSPS) is 14.6. The van der Waals surface area contributed by atoms with Gasteiger partial charge in [-0.25, -0.2) is 22.3 Å². The lowest BCUT2D eigenvalue weighted by atomic mass is 10.1. The summed E-state index contributed by atoms with van der Waals surface area (Å²) in [6.45, 7) is 5.33. The van der Waals surface area contributed by atoms with Crippen molar-refractivity contribution >= 4 is 33.6 Å². The first-order valence-corrected chi connectivity index (χ1v) is 13.4. The van der Waals surface area contributed by atoms with Crippen LogP contribution in [0.2, 0.25) is 0 Å². The first-order valence-electron chi connectivity index (χ1n) is 12.0. The van der Waals surface area contributed by atoms with Crippen LogP contribution < -0.4 is 10.2 Å². The fourth-order valence-electron chi connectivity index (χ4n) is 3.91. The minimum absolute atomic E-state index is 0.141. The van der Waals surface area contributed by atoms with E-state index < -0.39 is 33.5 Å². The number of hydrogen-bond donors (Lipinski definition) is 1. The van der Waals surface area contributed by atoms with Gasteiger partial charge in [-0.2, -0.15) is 0 Å². The molecule has 10 heteroatoms. The predicted octanol–water partition coefficient (Wildman–Crippen LogP) is 4.33. The Labute approximate surface area is 222 Å². The summed E-state index contributed by atoms with van der Waals surface area (Å²) in [5.74, 6) is -0.937. The Morgan fingerprint density at radius 1 is 0.895 bits per heavy atom. The van der Waals surface area contributed by atoms with Crippen LogP contribution in [0.3, 0.4) is 0 Å². The van der Waals surface area contributed by atoms with Crippen molar-refractivity contribution < 1.29 is 27.5 Å². The minimum Gasteiger partial charge on any atom is -0.456 e. The molecule has 3 aromatic rings. The number of nitrogens with zero attached hydrogens (tertiary/aromatic N) is 2. The second kappa shape index (κ2) is 10.3. The average Bonchev–Trinajstić information content (AvgIpc) is 2.88. The Morgan fingerprint density at radius 3 is 2.16 bits per heavy atom. The average molecular weight is 536 g/mol. The maximum absolute atomic E-state index is 13.5. The Bertz CT molecular complexity index is 1480. The van der Waals surface area contributed by atoms with E-state index in [0.29, 0.717) is 11.1 Å². The zero-order valence-corrected chi connectivity index (χ0v) is 22.4. The van der Waals surface area contributed by atoms with Crippen molar-refractivity contribution in [1.82, 2.24) is 9.62 Å². The highest BCUT2D eigenvalue weighted by Gasteiger charge is 2.40. The molecule has 0 saturated carbocycles. The van der Waals surface area contributed by atoms with Crippen LogP contribution in [-0.2, 0) is 27.8 Å². The number of ether oxygens (including phenoxy) is 1. The van der Waals surface area contributed by atoms with Gasteiger partial charge in [-0.3, -0.25) is 9.69 Å². The van der Waals surface area contributed by atoms with Gasteiger partial charge in [0.25, 0.3) is 15.9 Å². The molecule has 9 nitrogen and oxygen atoms in total. The fraction of sp³-hybridized carbons (Fsp3) is 0.250. The summed E-state index contributed by atoms with van der Waals surface area (Å²) >= 11 is 0. The number of hydrogen-bond acceptors (Lipinski definition) is 6. The van der Waals surface area contributed by atoms with Gasteiger partial charge in [0.1, 0.15) is 10.5 Å². The van der Waals surface area contributed by atoms with E-state index in [1.54, 1.807) is 32.9 Å². The van der Waals surface area contributed by atoms with E-state index in [9.17, 15) is 22.8 Å². The third-order valence-electron chi connectivity index (χ3n) is 5.86. The maximum Gasteiger partial charge on any atom is 0.338 e. The number of esters is 1. The topological polar surface area (TPSA) is 113 Å². The van der Waals surface area contributed by atoms with Gasteiger partial charge in [0.2, 0.25) is 0 Å². The summed E-state index contributed by atoms with van der Waals surface area (Å²) < 4.78 is 33.2. The van der Waals surface area contributed by atoms with Crippen LogP contribution >= 0.6 is 0 Å². The minimum atomic E-state index is -4.27. The van der Waals surface area contributed by atoms with Crippen molar-refractivity contribution in [2.24, 2.45) is 0 Å². The number of urea groups is 1. The monoisotopic (exact) mass is 535 g/mol. The summed E-state index contributed by atoms with van der Waals surface area (Å²) in [5, 5.41) is 2.78. The van der Waals surface area contributed by atoms with Crippen LogP contribution in [0.5, 0.6) is 0 Å². The second-order valence-corrected chi connectivity index (χ2v) is 11.7. The number of benzene rings is 3. The van der Waals surface area contributed by atoms with Crippen molar-refractivity contribution in [3.63, 3.8) is 0 Å². The number of nitrogens with one attached hydrogen (secondary N) is 1. The summed E-state index contributed by atoms with van der Waals surface area (Å²) in [4.78, 5) is 39.2. The smallest absolute Gasteiger partial charge is 0.338 e. The fourth-order valence-corrected chi connectivity index (χ4v) is 5.54. The summed E-state index contributed by atoms with van der Waals surface area (Å²) in [5.41, 5.74) is 1.41. The third kappa shape index (κ3) is 5.70. The molecule has 1 aliphatic rings. The number of anilines is 1. The van der Waals surface area contributed by atoms with E-state index in [0.717, 1.165) is 9.87 Å². The molecule has 1 N–H and O–H groups in total. The highest BCUT2D eigenvalue weighted by molar-refractivity contribution is 7.90. The molecule has 0 unspecified atom stereocenters. The molecule has 0 aromatic heterocycles. The zero-order chi connectivity index (χ0) is 27.7. The van der Waals surface area contributed by atoms with Crippen LogP contribution in [0.4, 0.5) is 10.5 Å². The summed E-state index contributed by atoms with van der Waals surface area (Å²) in [7, 11) is -2.79. The number of amides is 3. The molecule has 0 saturated heterocycles. The van der Waals surface area contributed by atoms with E-state index in [1.807, 2.05) is 30.3 Å². The highest BCUT2D eigenvalue weighted by Crippen LogP contribution is 2.35. The standard InChI is InChI=1S/C28H29N3O6S/c1-28(2,3)37-26(33)21-12-10-20(11-13-21)18-31-27(34)30(4)23-15-14-22(16-24(23)38(31,35)36)25(32)29-17-19-8-6-5-7-9-19/h5-16H,17-18H2,1-4H3,(H,29,32). The van der Waals surface area contributed by atoms with Crippen molar-refractivity contribution in [2.45, 2.75) is 44.4 Å². The SMILES string of the molecule is CN1C(=O)N(Cc2ccc(C(=O)OC(C)(C)C)cc2)S(=O)(=O)c2cc(C(=O)NCc3ccccc3)ccc21. The Morgan fingerprint density at radius 2 is 1.53 bits per heavy atom. The quantitative estimate of drug-likeness (QED) is 0.470. The van der Waals surface area contributed by atoms with Crippen LogP contribution in [-0.4, -0.2) is 43.3 Å². The highest BCUT2D eigenvalue weighted by atomic mass is 32.2. The molecule has 1 aliphatic heterocycles. The Balaban J connectivity index is 1.56. The largest absolute Gasteiger partial charge is 0.456 e.